The van der Waals surface area contributed by atoms with Gasteiger partial charge in [-0.3, -0.25) is 14.7 Å². The summed E-state index contributed by atoms with van der Waals surface area (Å²) in [5, 5.41) is 14.8. The third kappa shape index (κ3) is 6.52. The topological polar surface area (TPSA) is 111 Å². The Morgan fingerprint density at radius 2 is 1.44 bits per heavy atom. The van der Waals surface area contributed by atoms with E-state index in [0.29, 0.717) is 0 Å². The summed E-state index contributed by atoms with van der Waals surface area (Å²) in [6.45, 7) is 4.21. The fourth-order valence-electron chi connectivity index (χ4n) is 2.59. The Bertz CT molecular complexity index is 747. The number of hydrogen-bond acceptors (Lipinski definition) is 5. The number of piperazine rings is 1. The van der Waals surface area contributed by atoms with Crippen molar-refractivity contribution in [1.82, 2.24) is 14.8 Å². The highest BCUT2D eigenvalue weighted by atomic mass is 16.4. The molecule has 8 nitrogen and oxygen atoms in total. The number of nitrogens with zero attached hydrogens (tertiary/aromatic N) is 3. The zero-order valence-electron chi connectivity index (χ0n) is 14.7. The number of benzene rings is 1. The highest BCUT2D eigenvalue weighted by molar-refractivity contribution is 6.27. The lowest BCUT2D eigenvalue weighted by Crippen LogP contribution is -2.48. The Balaban J connectivity index is 0.000000380. The Labute approximate surface area is 156 Å². The highest BCUT2D eigenvalue weighted by Gasteiger charge is 2.22. The summed E-state index contributed by atoms with van der Waals surface area (Å²) in [6, 6.07) is 15.5. The molecule has 142 valence electrons. The molecule has 0 spiro atoms. The van der Waals surface area contributed by atoms with Crippen LogP contribution in [0.25, 0.3) is 0 Å². The van der Waals surface area contributed by atoms with Crippen LogP contribution in [-0.4, -0.2) is 69.0 Å². The number of carbonyl (C=O) groups excluding carboxylic acids is 1. The van der Waals surface area contributed by atoms with Crippen molar-refractivity contribution in [2.75, 3.05) is 26.2 Å². The lowest BCUT2D eigenvalue weighted by Gasteiger charge is -2.34. The van der Waals surface area contributed by atoms with Crippen LogP contribution < -0.4 is 0 Å². The lowest BCUT2D eigenvalue weighted by atomic mass is 10.2. The minimum atomic E-state index is -1.82. The average molecular weight is 371 g/mol. The molecule has 1 aromatic carbocycles. The predicted molar refractivity (Wildman–Crippen MR) is 97.1 cm³/mol. The number of carboxylic acids is 2. The molecule has 1 aromatic heterocycles. The zero-order chi connectivity index (χ0) is 19.6. The Morgan fingerprint density at radius 1 is 0.852 bits per heavy atom. The van der Waals surface area contributed by atoms with Crippen LogP contribution >= 0.6 is 0 Å². The van der Waals surface area contributed by atoms with Crippen molar-refractivity contribution < 1.29 is 24.6 Å². The van der Waals surface area contributed by atoms with Crippen LogP contribution in [0.1, 0.15) is 16.1 Å². The first-order chi connectivity index (χ1) is 13.0. The van der Waals surface area contributed by atoms with Crippen molar-refractivity contribution in [1.29, 1.82) is 0 Å². The molecule has 27 heavy (non-hydrogen) atoms. The van der Waals surface area contributed by atoms with Crippen LogP contribution in [0.15, 0.2) is 54.7 Å². The molecule has 0 radical (unpaired) electrons. The number of carbonyl (C=O) groups is 3. The first kappa shape index (κ1) is 20.1. The monoisotopic (exact) mass is 371 g/mol. The van der Waals surface area contributed by atoms with Gasteiger partial charge in [-0.2, -0.15) is 0 Å². The van der Waals surface area contributed by atoms with E-state index in [2.05, 4.69) is 9.88 Å². The number of aliphatic carboxylic acids is 2. The molecular weight excluding hydrogens is 350 g/mol. The van der Waals surface area contributed by atoms with Gasteiger partial charge in [0.25, 0.3) is 5.91 Å². The molecule has 0 saturated carbocycles. The van der Waals surface area contributed by atoms with Crippen molar-refractivity contribution in [2.45, 2.75) is 6.54 Å². The Hall–Kier alpha value is -3.26. The molecule has 0 bridgehead atoms. The maximum Gasteiger partial charge on any atom is 0.414 e. The van der Waals surface area contributed by atoms with Gasteiger partial charge in [-0.25, -0.2) is 9.59 Å². The molecular formula is C19H21N3O5. The third-order valence-electron chi connectivity index (χ3n) is 3.97. The zero-order valence-corrected chi connectivity index (χ0v) is 14.7. The van der Waals surface area contributed by atoms with E-state index in [9.17, 15) is 4.79 Å². The van der Waals surface area contributed by atoms with E-state index in [1.807, 2.05) is 59.6 Å². The van der Waals surface area contributed by atoms with Gasteiger partial charge in [0.1, 0.15) is 0 Å². The van der Waals surface area contributed by atoms with Gasteiger partial charge in [0.15, 0.2) is 0 Å². The van der Waals surface area contributed by atoms with Gasteiger partial charge in [0, 0.05) is 44.5 Å². The van der Waals surface area contributed by atoms with Crippen LogP contribution in [0.2, 0.25) is 0 Å². The lowest BCUT2D eigenvalue weighted by molar-refractivity contribution is -0.159. The predicted octanol–water partition coefficient (Wildman–Crippen LogP) is 1.20. The molecule has 0 unspecified atom stereocenters. The molecule has 1 saturated heterocycles. The summed E-state index contributed by atoms with van der Waals surface area (Å²) in [5.41, 5.74) is 1.86. The third-order valence-corrected chi connectivity index (χ3v) is 3.97. The molecule has 0 aliphatic carbocycles. The van der Waals surface area contributed by atoms with E-state index in [0.717, 1.165) is 44.0 Å². The second-order valence-electron chi connectivity index (χ2n) is 5.87. The molecule has 2 N–H and O–H groups in total. The Kier molecular flexibility index (Phi) is 7.45. The fourth-order valence-corrected chi connectivity index (χ4v) is 2.59. The maximum atomic E-state index is 12.4. The second-order valence-corrected chi connectivity index (χ2v) is 5.87. The van der Waals surface area contributed by atoms with Crippen LogP contribution in [-0.2, 0) is 16.1 Å². The van der Waals surface area contributed by atoms with Gasteiger partial charge in [-0.05, 0) is 24.3 Å². The summed E-state index contributed by atoms with van der Waals surface area (Å²) >= 11 is 0. The van der Waals surface area contributed by atoms with Crippen molar-refractivity contribution in [3.05, 3.63) is 66.0 Å². The van der Waals surface area contributed by atoms with Crippen molar-refractivity contribution in [3.8, 4) is 0 Å². The second kappa shape index (κ2) is 10.0. The smallest absolute Gasteiger partial charge is 0.414 e. The molecule has 1 fully saturated rings. The summed E-state index contributed by atoms with van der Waals surface area (Å²) in [5.74, 6) is -3.52. The molecule has 0 atom stereocenters. The van der Waals surface area contributed by atoms with Crippen LogP contribution in [0.5, 0.6) is 0 Å². The van der Waals surface area contributed by atoms with E-state index in [4.69, 9.17) is 19.8 Å². The fraction of sp³-hybridized carbons (Fsp3) is 0.263. The average Bonchev–Trinajstić information content (AvgIpc) is 2.70. The molecule has 2 heterocycles. The van der Waals surface area contributed by atoms with Gasteiger partial charge in [-0.15, -0.1) is 0 Å². The number of hydrogen-bond donors (Lipinski definition) is 2. The van der Waals surface area contributed by atoms with Crippen LogP contribution in [0.3, 0.4) is 0 Å². The summed E-state index contributed by atoms with van der Waals surface area (Å²) < 4.78 is 0. The van der Waals surface area contributed by atoms with Gasteiger partial charge in [-0.1, -0.05) is 24.3 Å². The molecule has 8 heteroatoms. The van der Waals surface area contributed by atoms with Gasteiger partial charge >= 0.3 is 11.9 Å². The molecule has 2 aromatic rings. The quantitative estimate of drug-likeness (QED) is 0.780. The van der Waals surface area contributed by atoms with Crippen molar-refractivity contribution >= 4 is 17.8 Å². The Morgan fingerprint density at radius 3 is 1.96 bits per heavy atom. The molecule has 1 aliphatic rings. The number of pyridine rings is 1. The van der Waals surface area contributed by atoms with E-state index < -0.39 is 11.9 Å². The minimum absolute atomic E-state index is 0.132. The largest absolute Gasteiger partial charge is 0.473 e. The number of carboxylic acid groups (broad SMARTS) is 2. The van der Waals surface area contributed by atoms with E-state index in [1.165, 1.54) is 0 Å². The van der Waals surface area contributed by atoms with E-state index in [1.54, 1.807) is 0 Å². The summed E-state index contributed by atoms with van der Waals surface area (Å²) in [6.07, 6.45) is 1.82. The first-order valence-corrected chi connectivity index (χ1v) is 8.40. The van der Waals surface area contributed by atoms with Gasteiger partial charge in [0.05, 0.1) is 5.69 Å². The standard InChI is InChI=1S/C17H19N3O.C2H2O4/c21-17(15-6-2-1-3-7-15)20-12-10-19(11-13-20)14-16-8-4-5-9-18-16;3-1(4)2(5)6/h1-9H,10-14H2;(H,3,4)(H,5,6). The summed E-state index contributed by atoms with van der Waals surface area (Å²) in [4.78, 5) is 39.2. The number of aromatic nitrogens is 1. The maximum absolute atomic E-state index is 12.4. The minimum Gasteiger partial charge on any atom is -0.473 e. The van der Waals surface area contributed by atoms with E-state index in [-0.39, 0.29) is 5.91 Å². The number of rotatable bonds is 3. The normalized spacial score (nSPS) is 14.0. The molecule has 1 amide bonds. The van der Waals surface area contributed by atoms with Crippen LogP contribution in [0, 0.1) is 0 Å². The SMILES string of the molecule is O=C(O)C(=O)O.O=C(c1ccccc1)N1CCN(Cc2ccccn2)CC1. The molecule has 3 rings (SSSR count). The number of amides is 1. The molecule has 1 aliphatic heterocycles. The van der Waals surface area contributed by atoms with Crippen molar-refractivity contribution in [3.63, 3.8) is 0 Å². The highest BCUT2D eigenvalue weighted by Crippen LogP contribution is 2.10. The van der Waals surface area contributed by atoms with E-state index >= 15 is 0 Å². The van der Waals surface area contributed by atoms with Gasteiger partial charge < -0.3 is 15.1 Å². The van der Waals surface area contributed by atoms with Crippen molar-refractivity contribution in [2.24, 2.45) is 0 Å². The first-order valence-electron chi connectivity index (χ1n) is 8.40. The summed E-state index contributed by atoms with van der Waals surface area (Å²) in [7, 11) is 0. The van der Waals surface area contributed by atoms with Crippen LogP contribution in [0.4, 0.5) is 0 Å². The van der Waals surface area contributed by atoms with Gasteiger partial charge in [0.2, 0.25) is 0 Å².